The molecule has 1 aliphatic carbocycles. The first kappa shape index (κ1) is 17.3. The van der Waals surface area contributed by atoms with Crippen molar-refractivity contribution >= 4 is 0 Å². The smallest absolute Gasteiger partial charge is 0.137 e. The van der Waals surface area contributed by atoms with Gasteiger partial charge < -0.3 is 10.2 Å². The minimum atomic E-state index is -0.131. The number of hydrogen-bond acceptors (Lipinski definition) is 4. The van der Waals surface area contributed by atoms with Gasteiger partial charge in [-0.3, -0.25) is 0 Å². The second kappa shape index (κ2) is 6.75. The number of phenols is 2. The predicted octanol–water partition coefficient (Wildman–Crippen LogP) is 4.31. The summed E-state index contributed by atoms with van der Waals surface area (Å²) in [5, 5.41) is 25.5. The minimum absolute atomic E-state index is 0.0537. The van der Waals surface area contributed by atoms with E-state index in [0.29, 0.717) is 5.56 Å². The molecule has 0 amide bonds. The summed E-state index contributed by atoms with van der Waals surface area (Å²) in [6.45, 7) is 10.2. The van der Waals surface area contributed by atoms with Crippen LogP contribution in [0.5, 0.6) is 11.5 Å². The standard InChI is InChI=1S/C20H25N3O2/c1-12(2)16-6-5-13(3)7-17(16)20-18(24)8-15(9-19(20)25)14(4)23-11-21-10-22-23/h7-11,14,16-17,24-25H,1,5-6H2,2-4H3/t14?,16-,17+/m0/s1. The van der Waals surface area contributed by atoms with Crippen LogP contribution in [0.1, 0.15) is 56.7 Å². The van der Waals surface area contributed by atoms with Crippen molar-refractivity contribution in [2.24, 2.45) is 5.92 Å². The van der Waals surface area contributed by atoms with E-state index in [1.807, 2.05) is 13.8 Å². The Morgan fingerprint density at radius 1 is 1.32 bits per heavy atom. The molecule has 0 radical (unpaired) electrons. The molecular weight excluding hydrogens is 314 g/mol. The Labute approximate surface area is 148 Å². The maximum Gasteiger partial charge on any atom is 0.137 e. The van der Waals surface area contributed by atoms with Crippen molar-refractivity contribution in [2.75, 3.05) is 0 Å². The van der Waals surface area contributed by atoms with E-state index < -0.39 is 0 Å². The highest BCUT2D eigenvalue weighted by Gasteiger charge is 2.30. The first-order valence-electron chi connectivity index (χ1n) is 8.61. The van der Waals surface area contributed by atoms with Crippen LogP contribution in [0.15, 0.2) is 48.6 Å². The topological polar surface area (TPSA) is 71.2 Å². The van der Waals surface area contributed by atoms with Crippen LogP contribution in [0, 0.1) is 5.92 Å². The van der Waals surface area contributed by atoms with Gasteiger partial charge in [-0.25, -0.2) is 9.67 Å². The Morgan fingerprint density at radius 2 is 2.00 bits per heavy atom. The van der Waals surface area contributed by atoms with E-state index in [1.54, 1.807) is 23.1 Å². The molecule has 1 aromatic heterocycles. The van der Waals surface area contributed by atoms with Crippen LogP contribution in [0.2, 0.25) is 0 Å². The fourth-order valence-electron chi connectivity index (χ4n) is 3.70. The molecule has 1 unspecified atom stereocenters. The molecule has 1 aliphatic rings. The highest BCUT2D eigenvalue weighted by atomic mass is 16.3. The predicted molar refractivity (Wildman–Crippen MR) is 97.6 cm³/mol. The summed E-state index contributed by atoms with van der Waals surface area (Å²) >= 11 is 0. The largest absolute Gasteiger partial charge is 0.507 e. The van der Waals surface area contributed by atoms with Gasteiger partial charge in [-0.1, -0.05) is 23.8 Å². The number of aromatic hydroxyl groups is 2. The lowest BCUT2D eigenvalue weighted by atomic mass is 9.73. The number of aromatic nitrogens is 3. The Hall–Kier alpha value is -2.56. The van der Waals surface area contributed by atoms with E-state index in [2.05, 4.69) is 29.7 Å². The molecule has 1 heterocycles. The van der Waals surface area contributed by atoms with Crippen molar-refractivity contribution in [3.63, 3.8) is 0 Å². The first-order valence-corrected chi connectivity index (χ1v) is 8.61. The first-order chi connectivity index (χ1) is 11.9. The molecule has 1 aromatic carbocycles. The van der Waals surface area contributed by atoms with Gasteiger partial charge in [-0.15, -0.1) is 0 Å². The van der Waals surface area contributed by atoms with E-state index in [4.69, 9.17) is 0 Å². The zero-order valence-corrected chi connectivity index (χ0v) is 15.0. The third-order valence-corrected chi connectivity index (χ3v) is 5.19. The summed E-state index contributed by atoms with van der Waals surface area (Å²) in [6, 6.07) is 3.30. The van der Waals surface area contributed by atoms with Gasteiger partial charge in [0.1, 0.15) is 24.2 Å². The molecule has 3 rings (SSSR count). The number of rotatable bonds is 4. The zero-order valence-electron chi connectivity index (χ0n) is 15.0. The van der Waals surface area contributed by atoms with Gasteiger partial charge in [0, 0.05) is 11.5 Å². The number of nitrogens with zero attached hydrogens (tertiary/aromatic N) is 3. The lowest BCUT2D eigenvalue weighted by molar-refractivity contribution is 0.404. The van der Waals surface area contributed by atoms with E-state index in [0.717, 1.165) is 24.0 Å². The maximum atomic E-state index is 10.7. The second-order valence-corrected chi connectivity index (χ2v) is 7.05. The molecule has 0 saturated carbocycles. The summed E-state index contributed by atoms with van der Waals surface area (Å²) < 4.78 is 1.69. The molecule has 2 N–H and O–H groups in total. The Kier molecular flexibility index (Phi) is 4.66. The molecule has 25 heavy (non-hydrogen) atoms. The van der Waals surface area contributed by atoms with Crippen LogP contribution in [-0.2, 0) is 0 Å². The minimum Gasteiger partial charge on any atom is -0.507 e. The van der Waals surface area contributed by atoms with Crippen LogP contribution in [0.25, 0.3) is 0 Å². The lowest BCUT2D eigenvalue weighted by Gasteiger charge is -2.31. The van der Waals surface area contributed by atoms with Crippen molar-refractivity contribution in [1.82, 2.24) is 14.8 Å². The van der Waals surface area contributed by atoms with Crippen LogP contribution >= 0.6 is 0 Å². The Bertz CT molecular complexity index is 785. The molecule has 132 valence electrons. The molecule has 0 fully saturated rings. The van der Waals surface area contributed by atoms with Crippen LogP contribution in [0.4, 0.5) is 0 Å². The molecule has 3 atom stereocenters. The SMILES string of the molecule is C=C(C)[C@@H]1CCC(C)=C[C@H]1c1c(O)cc(C(C)n2cncn2)cc1O. The monoisotopic (exact) mass is 339 g/mol. The summed E-state index contributed by atoms with van der Waals surface area (Å²) in [7, 11) is 0. The molecule has 0 spiro atoms. The van der Waals surface area contributed by atoms with Crippen molar-refractivity contribution in [2.45, 2.75) is 45.6 Å². The molecule has 0 bridgehead atoms. The molecular formula is C20H25N3O2. The highest BCUT2D eigenvalue weighted by molar-refractivity contribution is 5.52. The number of phenolic OH excluding ortho intramolecular Hbond substituents is 2. The van der Waals surface area contributed by atoms with Gasteiger partial charge in [0.15, 0.2) is 0 Å². The Balaban J connectivity index is 2.03. The summed E-state index contributed by atoms with van der Waals surface area (Å²) in [4.78, 5) is 3.95. The molecule has 0 aliphatic heterocycles. The normalized spacial score (nSPS) is 21.6. The van der Waals surface area contributed by atoms with Crippen molar-refractivity contribution < 1.29 is 10.2 Å². The lowest BCUT2D eigenvalue weighted by Crippen LogP contribution is -2.17. The second-order valence-electron chi connectivity index (χ2n) is 7.05. The van der Waals surface area contributed by atoms with Gasteiger partial charge in [0.05, 0.1) is 6.04 Å². The van der Waals surface area contributed by atoms with Gasteiger partial charge >= 0.3 is 0 Å². The fourth-order valence-corrected chi connectivity index (χ4v) is 3.70. The van der Waals surface area contributed by atoms with Crippen LogP contribution in [-0.4, -0.2) is 25.0 Å². The van der Waals surface area contributed by atoms with Crippen LogP contribution < -0.4 is 0 Å². The maximum absolute atomic E-state index is 10.7. The summed E-state index contributed by atoms with van der Waals surface area (Å²) in [6.07, 6.45) is 7.25. The molecule has 2 aromatic rings. The Morgan fingerprint density at radius 3 is 2.56 bits per heavy atom. The highest BCUT2D eigenvalue weighted by Crippen LogP contribution is 2.46. The molecule has 5 heteroatoms. The summed E-state index contributed by atoms with van der Waals surface area (Å²) in [5.74, 6) is 0.398. The third kappa shape index (κ3) is 3.31. The van der Waals surface area contributed by atoms with E-state index in [1.165, 1.54) is 11.9 Å². The zero-order chi connectivity index (χ0) is 18.1. The summed E-state index contributed by atoms with van der Waals surface area (Å²) in [5.41, 5.74) is 3.73. The average Bonchev–Trinajstić information content (AvgIpc) is 3.07. The fraction of sp³-hybridized carbons (Fsp3) is 0.400. The van der Waals surface area contributed by atoms with E-state index >= 15 is 0 Å². The average molecular weight is 339 g/mol. The van der Waals surface area contributed by atoms with Crippen molar-refractivity contribution in [1.29, 1.82) is 0 Å². The number of allylic oxidation sites excluding steroid dienone is 3. The molecule has 5 nitrogen and oxygen atoms in total. The van der Waals surface area contributed by atoms with Gasteiger partial charge in [-0.05, 0) is 57.2 Å². The van der Waals surface area contributed by atoms with Gasteiger partial charge in [-0.2, -0.15) is 5.10 Å². The van der Waals surface area contributed by atoms with E-state index in [-0.39, 0.29) is 29.4 Å². The van der Waals surface area contributed by atoms with Gasteiger partial charge in [0.2, 0.25) is 0 Å². The number of hydrogen-bond donors (Lipinski definition) is 2. The number of benzene rings is 1. The van der Waals surface area contributed by atoms with Crippen LogP contribution in [0.3, 0.4) is 0 Å². The third-order valence-electron chi connectivity index (χ3n) is 5.19. The van der Waals surface area contributed by atoms with Crippen molar-refractivity contribution in [3.05, 3.63) is 59.7 Å². The van der Waals surface area contributed by atoms with Crippen molar-refractivity contribution in [3.8, 4) is 11.5 Å². The van der Waals surface area contributed by atoms with Gasteiger partial charge in [0.25, 0.3) is 0 Å². The van der Waals surface area contributed by atoms with E-state index in [9.17, 15) is 10.2 Å². The quantitative estimate of drug-likeness (QED) is 0.814. The molecule has 0 saturated heterocycles.